The molecule has 1 saturated carbocycles. The Balaban J connectivity index is 1.69. The largest absolute Gasteiger partial charge is 0.494 e. The summed E-state index contributed by atoms with van der Waals surface area (Å²) >= 11 is 1.35. The third-order valence-corrected chi connectivity index (χ3v) is 5.74. The van der Waals surface area contributed by atoms with E-state index < -0.39 is 5.97 Å². The fourth-order valence-corrected chi connectivity index (χ4v) is 4.15. The molecule has 6 nitrogen and oxygen atoms in total. The SMILES string of the molecule is CCOc1ccc(-c2nc(C)c(C(=O)N[C@@H]3CC[C@H](C(=O)O)C3)s2)cc1. The predicted octanol–water partition coefficient (Wildman–Crippen LogP) is 3.50. The first kappa shape index (κ1) is 18.4. The Hall–Kier alpha value is -2.41. The molecule has 26 heavy (non-hydrogen) atoms. The molecule has 1 aromatic carbocycles. The summed E-state index contributed by atoms with van der Waals surface area (Å²) in [6.45, 7) is 4.37. The van der Waals surface area contributed by atoms with Crippen LogP contribution in [0.15, 0.2) is 24.3 Å². The molecule has 0 aliphatic heterocycles. The van der Waals surface area contributed by atoms with Crippen LogP contribution < -0.4 is 10.1 Å². The Kier molecular flexibility index (Phi) is 5.56. The number of amides is 1. The molecule has 2 aromatic rings. The first-order valence-electron chi connectivity index (χ1n) is 8.72. The number of rotatable bonds is 6. The lowest BCUT2D eigenvalue weighted by Gasteiger charge is -2.11. The van der Waals surface area contributed by atoms with Crippen molar-refractivity contribution < 1.29 is 19.4 Å². The average Bonchev–Trinajstić information content (AvgIpc) is 3.23. The van der Waals surface area contributed by atoms with Crippen molar-refractivity contribution in [3.63, 3.8) is 0 Å². The number of aromatic nitrogens is 1. The summed E-state index contributed by atoms with van der Waals surface area (Å²) in [5.41, 5.74) is 1.62. The van der Waals surface area contributed by atoms with E-state index in [2.05, 4.69) is 10.3 Å². The fourth-order valence-electron chi connectivity index (χ4n) is 3.18. The summed E-state index contributed by atoms with van der Waals surface area (Å²) in [5, 5.41) is 12.8. The van der Waals surface area contributed by atoms with Crippen LogP contribution in [-0.2, 0) is 4.79 Å². The Morgan fingerprint density at radius 2 is 2.04 bits per heavy atom. The van der Waals surface area contributed by atoms with E-state index in [1.165, 1.54) is 11.3 Å². The number of carboxylic acids is 1. The van der Waals surface area contributed by atoms with Crippen LogP contribution in [0.4, 0.5) is 0 Å². The van der Waals surface area contributed by atoms with Crippen LogP contribution in [0.25, 0.3) is 10.6 Å². The van der Waals surface area contributed by atoms with Crippen LogP contribution >= 0.6 is 11.3 Å². The molecule has 1 heterocycles. The number of nitrogens with one attached hydrogen (secondary N) is 1. The van der Waals surface area contributed by atoms with Gasteiger partial charge in [-0.3, -0.25) is 9.59 Å². The fraction of sp³-hybridized carbons (Fsp3) is 0.421. The van der Waals surface area contributed by atoms with Gasteiger partial charge in [0.25, 0.3) is 5.91 Å². The number of nitrogens with zero attached hydrogens (tertiary/aromatic N) is 1. The van der Waals surface area contributed by atoms with Crippen molar-refractivity contribution >= 4 is 23.2 Å². The molecule has 1 aliphatic carbocycles. The molecule has 1 amide bonds. The van der Waals surface area contributed by atoms with E-state index in [0.29, 0.717) is 36.4 Å². The maximum absolute atomic E-state index is 12.6. The van der Waals surface area contributed by atoms with Gasteiger partial charge < -0.3 is 15.2 Å². The number of carbonyl (C=O) groups excluding carboxylic acids is 1. The maximum atomic E-state index is 12.6. The van der Waals surface area contributed by atoms with Crippen molar-refractivity contribution in [2.24, 2.45) is 5.92 Å². The van der Waals surface area contributed by atoms with Crippen LogP contribution in [0, 0.1) is 12.8 Å². The Morgan fingerprint density at radius 1 is 1.31 bits per heavy atom. The van der Waals surface area contributed by atoms with E-state index in [9.17, 15) is 9.59 Å². The van der Waals surface area contributed by atoms with Crippen molar-refractivity contribution in [2.75, 3.05) is 6.61 Å². The van der Waals surface area contributed by atoms with Crippen molar-refractivity contribution in [1.29, 1.82) is 0 Å². The maximum Gasteiger partial charge on any atom is 0.306 e. The third kappa shape index (κ3) is 4.04. The molecule has 2 atom stereocenters. The minimum Gasteiger partial charge on any atom is -0.494 e. The molecular formula is C19H22N2O4S. The number of hydrogen-bond donors (Lipinski definition) is 2. The highest BCUT2D eigenvalue weighted by Crippen LogP contribution is 2.30. The van der Waals surface area contributed by atoms with E-state index in [1.807, 2.05) is 38.1 Å². The molecule has 138 valence electrons. The van der Waals surface area contributed by atoms with Gasteiger partial charge >= 0.3 is 5.97 Å². The number of thiazole rings is 1. The first-order valence-corrected chi connectivity index (χ1v) is 9.54. The van der Waals surface area contributed by atoms with E-state index in [-0.39, 0.29) is 17.9 Å². The second-order valence-corrected chi connectivity index (χ2v) is 7.41. The quantitative estimate of drug-likeness (QED) is 0.808. The Morgan fingerprint density at radius 3 is 2.65 bits per heavy atom. The molecule has 0 spiro atoms. The zero-order valence-corrected chi connectivity index (χ0v) is 15.6. The molecule has 1 fully saturated rings. The van der Waals surface area contributed by atoms with Gasteiger partial charge in [-0.1, -0.05) is 0 Å². The van der Waals surface area contributed by atoms with Crippen molar-refractivity contribution in [2.45, 2.75) is 39.2 Å². The number of carboxylic acid groups (broad SMARTS) is 1. The highest BCUT2D eigenvalue weighted by molar-refractivity contribution is 7.17. The van der Waals surface area contributed by atoms with Crippen LogP contribution in [0.5, 0.6) is 5.75 Å². The second-order valence-electron chi connectivity index (χ2n) is 6.41. The number of aryl methyl sites for hydroxylation is 1. The average molecular weight is 374 g/mol. The molecule has 1 aromatic heterocycles. The van der Waals surface area contributed by atoms with Gasteiger partial charge in [-0.05, 0) is 57.4 Å². The van der Waals surface area contributed by atoms with Crippen molar-refractivity contribution in [1.82, 2.24) is 10.3 Å². The lowest BCUT2D eigenvalue weighted by molar-refractivity contribution is -0.141. The van der Waals surface area contributed by atoms with Gasteiger partial charge in [0.15, 0.2) is 0 Å². The van der Waals surface area contributed by atoms with Crippen LogP contribution in [0.1, 0.15) is 41.6 Å². The summed E-state index contributed by atoms with van der Waals surface area (Å²) in [5.74, 6) is -0.513. The molecule has 2 N–H and O–H groups in total. The lowest BCUT2D eigenvalue weighted by atomic mass is 10.1. The minimum absolute atomic E-state index is 0.0842. The molecule has 7 heteroatoms. The van der Waals surface area contributed by atoms with Gasteiger partial charge in [-0.15, -0.1) is 11.3 Å². The van der Waals surface area contributed by atoms with E-state index in [0.717, 1.165) is 16.3 Å². The smallest absolute Gasteiger partial charge is 0.306 e. The number of carbonyl (C=O) groups is 2. The van der Waals surface area contributed by atoms with Crippen LogP contribution in [0.3, 0.4) is 0 Å². The number of ether oxygens (including phenoxy) is 1. The molecule has 3 rings (SSSR count). The normalized spacial score (nSPS) is 19.3. The zero-order chi connectivity index (χ0) is 18.7. The van der Waals surface area contributed by atoms with Crippen molar-refractivity contribution in [3.05, 3.63) is 34.8 Å². The van der Waals surface area contributed by atoms with E-state index >= 15 is 0 Å². The molecular weight excluding hydrogens is 352 g/mol. The van der Waals surface area contributed by atoms with E-state index in [4.69, 9.17) is 9.84 Å². The summed E-state index contributed by atoms with van der Waals surface area (Å²) in [4.78, 5) is 28.7. The summed E-state index contributed by atoms with van der Waals surface area (Å²) < 4.78 is 5.44. The Labute approximate surface area is 156 Å². The van der Waals surface area contributed by atoms with Gasteiger partial charge in [-0.2, -0.15) is 0 Å². The third-order valence-electron chi connectivity index (χ3n) is 4.53. The number of aliphatic carboxylic acids is 1. The number of benzene rings is 1. The lowest BCUT2D eigenvalue weighted by Crippen LogP contribution is -2.33. The molecule has 0 radical (unpaired) electrons. The predicted molar refractivity (Wildman–Crippen MR) is 99.7 cm³/mol. The highest BCUT2D eigenvalue weighted by Gasteiger charge is 2.31. The second kappa shape index (κ2) is 7.86. The van der Waals surface area contributed by atoms with Gasteiger partial charge in [0, 0.05) is 11.6 Å². The van der Waals surface area contributed by atoms with Crippen LogP contribution in [-0.4, -0.2) is 34.6 Å². The molecule has 0 bridgehead atoms. The van der Waals surface area contributed by atoms with Crippen molar-refractivity contribution in [3.8, 4) is 16.3 Å². The zero-order valence-electron chi connectivity index (χ0n) is 14.8. The summed E-state index contributed by atoms with van der Waals surface area (Å²) in [6.07, 6.45) is 1.80. The van der Waals surface area contributed by atoms with E-state index in [1.54, 1.807) is 0 Å². The topological polar surface area (TPSA) is 88.5 Å². The first-order chi connectivity index (χ1) is 12.5. The standard InChI is InChI=1S/C19H22N2O4S/c1-3-25-15-8-5-12(6-9-15)18-20-11(2)16(26-18)17(22)21-14-7-4-13(10-14)19(23)24/h5-6,8-9,13-14H,3-4,7,10H2,1-2H3,(H,21,22)(H,23,24)/t13-,14+/m0/s1. The molecule has 0 unspecified atom stereocenters. The van der Waals surface area contributed by atoms with Gasteiger partial charge in [0.1, 0.15) is 15.6 Å². The van der Waals surface area contributed by atoms with Gasteiger partial charge in [-0.25, -0.2) is 4.98 Å². The van der Waals surface area contributed by atoms with Gasteiger partial charge in [0.05, 0.1) is 18.2 Å². The minimum atomic E-state index is -0.784. The molecule has 0 saturated heterocycles. The molecule has 1 aliphatic rings. The Bertz CT molecular complexity index is 800. The summed E-state index contributed by atoms with van der Waals surface area (Å²) in [7, 11) is 0. The van der Waals surface area contributed by atoms with Crippen LogP contribution in [0.2, 0.25) is 0 Å². The number of hydrogen-bond acceptors (Lipinski definition) is 5. The monoisotopic (exact) mass is 374 g/mol. The summed E-state index contributed by atoms with van der Waals surface area (Å²) in [6, 6.07) is 7.55. The highest BCUT2D eigenvalue weighted by atomic mass is 32.1. The van der Waals surface area contributed by atoms with Gasteiger partial charge in [0.2, 0.25) is 0 Å².